The van der Waals surface area contributed by atoms with E-state index in [1.807, 2.05) is 11.0 Å². The zero-order chi connectivity index (χ0) is 18.5. The molecule has 6 heteroatoms. The van der Waals surface area contributed by atoms with Gasteiger partial charge >= 0.3 is 0 Å². The molecule has 26 heavy (non-hydrogen) atoms. The Balaban J connectivity index is 1.55. The number of hydrogen-bond donors (Lipinski definition) is 0. The molecule has 1 heterocycles. The van der Waals surface area contributed by atoms with E-state index < -0.39 is 6.10 Å². The normalized spacial score (nSPS) is 15.5. The number of rotatable bonds is 5. The molecule has 1 fully saturated rings. The number of ether oxygens (including phenoxy) is 2. The van der Waals surface area contributed by atoms with Gasteiger partial charge in [-0.25, -0.2) is 4.39 Å². The number of anilines is 1. The summed E-state index contributed by atoms with van der Waals surface area (Å²) in [7, 11) is 1.60. The van der Waals surface area contributed by atoms with Crippen LogP contribution in [0.25, 0.3) is 0 Å². The first-order valence-corrected chi connectivity index (χ1v) is 8.67. The number of methoxy groups -OCH3 is 1. The van der Waals surface area contributed by atoms with Crippen molar-refractivity contribution in [3.05, 3.63) is 54.3 Å². The lowest BCUT2D eigenvalue weighted by molar-refractivity contribution is -0.138. The maximum atomic E-state index is 13.9. The van der Waals surface area contributed by atoms with Crippen molar-refractivity contribution in [2.45, 2.75) is 13.0 Å². The third-order valence-corrected chi connectivity index (χ3v) is 4.50. The first-order valence-electron chi connectivity index (χ1n) is 8.67. The van der Waals surface area contributed by atoms with Gasteiger partial charge in [-0.05, 0) is 43.3 Å². The molecule has 0 spiro atoms. The van der Waals surface area contributed by atoms with Crippen LogP contribution >= 0.6 is 0 Å². The minimum absolute atomic E-state index is 0.0611. The van der Waals surface area contributed by atoms with Crippen LogP contribution < -0.4 is 14.4 Å². The summed E-state index contributed by atoms with van der Waals surface area (Å²) in [6, 6.07) is 13.9. The van der Waals surface area contributed by atoms with E-state index in [-0.39, 0.29) is 11.7 Å². The van der Waals surface area contributed by atoms with E-state index in [9.17, 15) is 9.18 Å². The van der Waals surface area contributed by atoms with Crippen molar-refractivity contribution in [3.63, 3.8) is 0 Å². The minimum Gasteiger partial charge on any atom is -0.497 e. The first-order chi connectivity index (χ1) is 12.6. The Morgan fingerprint density at radius 1 is 1.00 bits per heavy atom. The molecule has 3 rings (SSSR count). The lowest BCUT2D eigenvalue weighted by Crippen LogP contribution is -2.52. The number of amides is 1. The second kappa shape index (κ2) is 8.08. The third-order valence-electron chi connectivity index (χ3n) is 4.50. The molecule has 1 atom stereocenters. The number of benzene rings is 2. The molecule has 5 nitrogen and oxygen atoms in total. The van der Waals surface area contributed by atoms with E-state index in [4.69, 9.17) is 9.47 Å². The molecule has 2 aromatic rings. The number of halogens is 1. The molecule has 0 bridgehead atoms. The average molecular weight is 358 g/mol. The Morgan fingerprint density at radius 2 is 1.62 bits per heavy atom. The summed E-state index contributed by atoms with van der Waals surface area (Å²) < 4.78 is 24.8. The van der Waals surface area contributed by atoms with E-state index in [1.54, 1.807) is 55.3 Å². The molecular formula is C20H23FN2O3. The minimum atomic E-state index is -0.580. The fourth-order valence-corrected chi connectivity index (χ4v) is 3.04. The van der Waals surface area contributed by atoms with Crippen molar-refractivity contribution < 1.29 is 18.7 Å². The van der Waals surface area contributed by atoms with E-state index in [0.717, 1.165) is 5.75 Å². The maximum Gasteiger partial charge on any atom is 0.263 e. The highest BCUT2D eigenvalue weighted by atomic mass is 19.1. The molecular weight excluding hydrogens is 335 g/mol. The summed E-state index contributed by atoms with van der Waals surface area (Å²) >= 11 is 0. The van der Waals surface area contributed by atoms with Gasteiger partial charge in [0.05, 0.1) is 12.8 Å². The van der Waals surface area contributed by atoms with Crippen LogP contribution in [0, 0.1) is 5.82 Å². The summed E-state index contributed by atoms with van der Waals surface area (Å²) in [5.74, 6) is 1.06. The molecule has 1 aliphatic rings. The molecule has 1 saturated heterocycles. The van der Waals surface area contributed by atoms with Crippen LogP contribution in [0.4, 0.5) is 10.1 Å². The third kappa shape index (κ3) is 4.07. The Morgan fingerprint density at radius 3 is 2.23 bits per heavy atom. The molecule has 0 N–H and O–H groups in total. The second-order valence-electron chi connectivity index (χ2n) is 6.20. The standard InChI is InChI=1S/C20H23FN2O3/c1-15(26-17-9-7-16(25-2)8-10-17)20(24)23-13-11-22(12-14-23)19-6-4-3-5-18(19)21/h3-10,15H,11-14H2,1-2H3/t15-/m0/s1. The van der Waals surface area contributed by atoms with E-state index in [2.05, 4.69) is 0 Å². The van der Waals surface area contributed by atoms with Gasteiger partial charge in [-0.1, -0.05) is 12.1 Å². The molecule has 0 unspecified atom stereocenters. The van der Waals surface area contributed by atoms with E-state index >= 15 is 0 Å². The Kier molecular flexibility index (Phi) is 5.61. The number of hydrogen-bond acceptors (Lipinski definition) is 4. The lowest BCUT2D eigenvalue weighted by Gasteiger charge is -2.37. The van der Waals surface area contributed by atoms with Crippen molar-refractivity contribution in [1.29, 1.82) is 0 Å². The van der Waals surface area contributed by atoms with Crippen molar-refractivity contribution >= 4 is 11.6 Å². The van der Waals surface area contributed by atoms with Crippen molar-refractivity contribution in [2.75, 3.05) is 38.2 Å². The molecule has 2 aromatic carbocycles. The molecule has 0 saturated carbocycles. The fraction of sp³-hybridized carbons (Fsp3) is 0.350. The molecule has 0 aromatic heterocycles. The molecule has 138 valence electrons. The fourth-order valence-electron chi connectivity index (χ4n) is 3.04. The van der Waals surface area contributed by atoms with Crippen molar-refractivity contribution in [1.82, 2.24) is 4.90 Å². The monoisotopic (exact) mass is 358 g/mol. The van der Waals surface area contributed by atoms with Crippen molar-refractivity contribution in [2.24, 2.45) is 0 Å². The summed E-state index contributed by atoms with van der Waals surface area (Å²) in [6.45, 7) is 4.03. The van der Waals surface area contributed by atoms with Crippen molar-refractivity contribution in [3.8, 4) is 11.5 Å². The number of nitrogens with zero attached hydrogens (tertiary/aromatic N) is 2. The molecule has 0 radical (unpaired) electrons. The zero-order valence-corrected chi connectivity index (χ0v) is 15.0. The second-order valence-corrected chi connectivity index (χ2v) is 6.20. The molecule has 1 aliphatic heterocycles. The van der Waals surface area contributed by atoms with Gasteiger partial charge in [0.1, 0.15) is 17.3 Å². The van der Waals surface area contributed by atoms with Crippen LogP contribution in [0.1, 0.15) is 6.92 Å². The van der Waals surface area contributed by atoms with E-state index in [1.165, 1.54) is 6.07 Å². The summed E-state index contributed by atoms with van der Waals surface area (Å²) in [4.78, 5) is 16.4. The predicted octanol–water partition coefficient (Wildman–Crippen LogP) is 2.95. The summed E-state index contributed by atoms with van der Waals surface area (Å²) in [6.07, 6.45) is -0.580. The first kappa shape index (κ1) is 18.0. The van der Waals surface area contributed by atoms with Gasteiger partial charge < -0.3 is 19.3 Å². The van der Waals surface area contributed by atoms with Gasteiger partial charge in [-0.3, -0.25) is 4.79 Å². The van der Waals surface area contributed by atoms with Gasteiger partial charge in [0.15, 0.2) is 6.10 Å². The largest absolute Gasteiger partial charge is 0.497 e. The summed E-state index contributed by atoms with van der Waals surface area (Å²) in [5, 5.41) is 0. The highest BCUT2D eigenvalue weighted by Crippen LogP contribution is 2.21. The van der Waals surface area contributed by atoms with Crippen LogP contribution in [0.2, 0.25) is 0 Å². The maximum absolute atomic E-state index is 13.9. The topological polar surface area (TPSA) is 42.0 Å². The number of piperazine rings is 1. The van der Waals surface area contributed by atoms with Gasteiger partial charge in [-0.2, -0.15) is 0 Å². The van der Waals surface area contributed by atoms with E-state index in [0.29, 0.717) is 37.6 Å². The number of carbonyl (C=O) groups excluding carboxylic acids is 1. The summed E-state index contributed by atoms with van der Waals surface area (Å²) in [5.41, 5.74) is 0.585. The Bertz CT molecular complexity index is 743. The average Bonchev–Trinajstić information content (AvgIpc) is 2.68. The van der Waals surface area contributed by atoms with Gasteiger partial charge in [-0.15, -0.1) is 0 Å². The smallest absolute Gasteiger partial charge is 0.263 e. The zero-order valence-electron chi connectivity index (χ0n) is 15.0. The Labute approximate surface area is 152 Å². The molecule has 1 amide bonds. The van der Waals surface area contributed by atoms with Crippen LogP contribution in [0.3, 0.4) is 0 Å². The van der Waals surface area contributed by atoms with Gasteiger partial charge in [0.25, 0.3) is 5.91 Å². The van der Waals surface area contributed by atoms with Crippen LogP contribution in [-0.4, -0.2) is 50.2 Å². The highest BCUT2D eigenvalue weighted by molar-refractivity contribution is 5.81. The number of para-hydroxylation sites is 1. The molecule has 0 aliphatic carbocycles. The SMILES string of the molecule is COc1ccc(O[C@@H](C)C(=O)N2CCN(c3ccccc3F)CC2)cc1. The highest BCUT2D eigenvalue weighted by Gasteiger charge is 2.26. The van der Waals surface area contributed by atoms with Crippen LogP contribution in [0.5, 0.6) is 11.5 Å². The van der Waals surface area contributed by atoms with Gasteiger partial charge in [0, 0.05) is 26.2 Å². The Hall–Kier alpha value is -2.76. The van der Waals surface area contributed by atoms with Gasteiger partial charge in [0.2, 0.25) is 0 Å². The van der Waals surface area contributed by atoms with Crippen LogP contribution in [0.15, 0.2) is 48.5 Å². The lowest BCUT2D eigenvalue weighted by atomic mass is 10.2. The predicted molar refractivity (Wildman–Crippen MR) is 98.3 cm³/mol. The quantitative estimate of drug-likeness (QED) is 0.824. The van der Waals surface area contributed by atoms with Crippen LogP contribution in [-0.2, 0) is 4.79 Å². The number of carbonyl (C=O) groups is 1.